The van der Waals surface area contributed by atoms with Crippen molar-refractivity contribution in [1.29, 1.82) is 0 Å². The van der Waals surface area contributed by atoms with Crippen LogP contribution in [0.25, 0.3) is 0 Å². The molecule has 2 amide bonds. The number of aliphatic hydroxyl groups is 1. The summed E-state index contributed by atoms with van der Waals surface area (Å²) in [5.41, 5.74) is 0.232. The van der Waals surface area contributed by atoms with Gasteiger partial charge in [-0.1, -0.05) is 44.2 Å². The monoisotopic (exact) mass is 661 g/mol. The summed E-state index contributed by atoms with van der Waals surface area (Å²) in [6.07, 6.45) is -1.54. The van der Waals surface area contributed by atoms with Crippen LogP contribution in [0.4, 0.5) is 4.79 Å². The molecule has 0 saturated carbocycles. The van der Waals surface area contributed by atoms with Crippen LogP contribution in [0.15, 0.2) is 53.4 Å². The zero-order valence-corrected chi connectivity index (χ0v) is 27.2. The lowest BCUT2D eigenvalue weighted by Gasteiger charge is -2.35. The molecule has 2 fully saturated rings. The van der Waals surface area contributed by atoms with Gasteiger partial charge in [0, 0.05) is 32.6 Å². The third kappa shape index (κ3) is 8.48. The molecule has 0 aromatic heterocycles. The minimum Gasteiger partial charge on any atom is -0.454 e. The molecule has 0 radical (unpaired) electrons. The van der Waals surface area contributed by atoms with E-state index < -0.39 is 46.1 Å². The average molecular weight is 662 g/mol. The summed E-state index contributed by atoms with van der Waals surface area (Å²) in [6, 6.07) is 12.8. The third-order valence-corrected chi connectivity index (χ3v) is 10.3. The number of aliphatic hydroxyl groups excluding tert-OH is 1. The molecule has 3 aliphatic heterocycles. The number of hydrogen-bond donors (Lipinski definition) is 3. The molecule has 3 aliphatic rings. The normalized spacial score (nSPS) is 21.9. The van der Waals surface area contributed by atoms with E-state index in [4.69, 9.17) is 23.7 Å². The van der Waals surface area contributed by atoms with Gasteiger partial charge in [-0.05, 0) is 42.4 Å². The highest BCUT2D eigenvalue weighted by molar-refractivity contribution is 7.89. The maximum atomic E-state index is 14.2. The summed E-state index contributed by atoms with van der Waals surface area (Å²) in [5.74, 6) is 0.502. The molecule has 5 rings (SSSR count). The van der Waals surface area contributed by atoms with Crippen molar-refractivity contribution in [2.24, 2.45) is 11.3 Å². The fraction of sp³-hybridized carbons (Fsp3) is 0.562. The molecule has 3 heterocycles. The minimum absolute atomic E-state index is 0.0121. The number of nitrogens with one attached hydrogen (secondary N) is 2. The number of sulfonamides is 1. The van der Waals surface area contributed by atoms with Crippen molar-refractivity contribution in [2.45, 2.75) is 69.5 Å². The van der Waals surface area contributed by atoms with Crippen LogP contribution in [0.1, 0.15) is 39.2 Å². The number of benzene rings is 2. The lowest BCUT2D eigenvalue weighted by atomic mass is 9.89. The highest BCUT2D eigenvalue weighted by Gasteiger charge is 2.44. The second kappa shape index (κ2) is 14.6. The maximum Gasteiger partial charge on any atom is 0.407 e. The molecule has 0 spiro atoms. The smallest absolute Gasteiger partial charge is 0.407 e. The number of rotatable bonds is 14. The van der Waals surface area contributed by atoms with Crippen LogP contribution >= 0.6 is 0 Å². The Kier molecular flexibility index (Phi) is 10.7. The first kappa shape index (κ1) is 33.9. The van der Waals surface area contributed by atoms with Gasteiger partial charge in [-0.15, -0.1) is 0 Å². The first-order valence-electron chi connectivity index (χ1n) is 15.5. The summed E-state index contributed by atoms with van der Waals surface area (Å²) in [4.78, 5) is 24.6. The third-order valence-electron chi connectivity index (χ3n) is 8.46. The second-order valence-electron chi connectivity index (χ2n) is 12.7. The van der Waals surface area contributed by atoms with Gasteiger partial charge in [0.15, 0.2) is 17.8 Å². The summed E-state index contributed by atoms with van der Waals surface area (Å²) >= 11 is 0. The lowest BCUT2D eigenvalue weighted by Crippen LogP contribution is -2.52. The van der Waals surface area contributed by atoms with E-state index in [0.717, 1.165) is 5.56 Å². The van der Waals surface area contributed by atoms with E-state index in [1.54, 1.807) is 0 Å². The van der Waals surface area contributed by atoms with Crippen LogP contribution in [0.5, 0.6) is 11.5 Å². The predicted molar refractivity (Wildman–Crippen MR) is 166 cm³/mol. The van der Waals surface area contributed by atoms with Crippen molar-refractivity contribution in [3.8, 4) is 11.5 Å². The number of nitrogens with zero attached hydrogens (tertiary/aromatic N) is 1. The van der Waals surface area contributed by atoms with Gasteiger partial charge in [-0.2, -0.15) is 4.31 Å². The molecule has 252 valence electrons. The lowest BCUT2D eigenvalue weighted by molar-refractivity contribution is -0.119. The van der Waals surface area contributed by atoms with Gasteiger partial charge < -0.3 is 39.4 Å². The quantitative estimate of drug-likeness (QED) is 0.274. The number of carbonyl (C=O) groups is 2. The van der Waals surface area contributed by atoms with E-state index in [0.29, 0.717) is 37.5 Å². The number of ether oxygens (including phenoxy) is 5. The van der Waals surface area contributed by atoms with Crippen LogP contribution in [0, 0.1) is 11.3 Å². The van der Waals surface area contributed by atoms with Crippen LogP contribution in [0.2, 0.25) is 0 Å². The fourth-order valence-electron chi connectivity index (χ4n) is 5.92. The molecular weight excluding hydrogens is 618 g/mol. The highest BCUT2D eigenvalue weighted by Crippen LogP contribution is 2.36. The minimum atomic E-state index is -4.18. The molecule has 2 saturated heterocycles. The topological polar surface area (TPSA) is 162 Å². The summed E-state index contributed by atoms with van der Waals surface area (Å²) < 4.78 is 57.2. The Morgan fingerprint density at radius 2 is 1.87 bits per heavy atom. The average Bonchev–Trinajstić information content (AvgIpc) is 3.75. The summed E-state index contributed by atoms with van der Waals surface area (Å²) in [5, 5.41) is 17.2. The van der Waals surface area contributed by atoms with Crippen molar-refractivity contribution >= 4 is 22.0 Å². The number of alkyl carbamates (subject to hydrolysis) is 1. The van der Waals surface area contributed by atoms with Gasteiger partial charge >= 0.3 is 6.09 Å². The molecule has 2 aromatic rings. The Bertz CT molecular complexity index is 1470. The second-order valence-corrected chi connectivity index (χ2v) is 14.6. The van der Waals surface area contributed by atoms with Gasteiger partial charge in [-0.3, -0.25) is 4.79 Å². The largest absolute Gasteiger partial charge is 0.454 e. The van der Waals surface area contributed by atoms with E-state index in [-0.39, 0.29) is 49.6 Å². The molecule has 4 unspecified atom stereocenters. The van der Waals surface area contributed by atoms with Crippen molar-refractivity contribution in [2.75, 3.05) is 39.6 Å². The molecule has 46 heavy (non-hydrogen) atoms. The molecule has 3 N–H and O–H groups in total. The van der Waals surface area contributed by atoms with Gasteiger partial charge in [0.1, 0.15) is 6.10 Å². The van der Waals surface area contributed by atoms with Gasteiger partial charge in [0.05, 0.1) is 36.2 Å². The molecule has 13 nitrogen and oxygen atoms in total. The first-order valence-corrected chi connectivity index (χ1v) is 16.9. The molecular formula is C32H43N3O10S. The molecule has 14 heteroatoms. The standard InChI is InChI=1S/C32H43N3O10S/c1-21(36)33-13-12-32(2,3)19-35(46(39,40)23-9-10-27-28(16-23)44-20-43-27)17-26(37)25(15-22-7-5-4-6-8-22)34-31(38)45-29-18-42-30-24(29)11-14-41-30/h4-10,16,24-26,29-30,37H,11-15,17-20H2,1-3H3,(H,33,36)(H,34,38)/t24?,25-,26?,29?,30?/m0/s1. The fourth-order valence-corrected chi connectivity index (χ4v) is 7.59. The number of fused-ring (bicyclic) bond motifs is 2. The Morgan fingerprint density at radius 1 is 1.11 bits per heavy atom. The summed E-state index contributed by atoms with van der Waals surface area (Å²) in [6.45, 7) is 5.98. The van der Waals surface area contributed by atoms with Crippen LogP contribution in [-0.4, -0.2) is 94.0 Å². The van der Waals surface area contributed by atoms with E-state index >= 15 is 0 Å². The Morgan fingerprint density at radius 3 is 2.63 bits per heavy atom. The van der Waals surface area contributed by atoms with Gasteiger partial charge in [0.25, 0.3) is 0 Å². The van der Waals surface area contributed by atoms with Crippen LogP contribution in [0.3, 0.4) is 0 Å². The van der Waals surface area contributed by atoms with Crippen molar-refractivity contribution in [1.82, 2.24) is 14.9 Å². The number of hydrogen-bond acceptors (Lipinski definition) is 10. The highest BCUT2D eigenvalue weighted by atomic mass is 32.2. The van der Waals surface area contributed by atoms with E-state index in [1.165, 1.54) is 29.4 Å². The van der Waals surface area contributed by atoms with Crippen LogP contribution < -0.4 is 20.1 Å². The van der Waals surface area contributed by atoms with E-state index in [9.17, 15) is 23.1 Å². The van der Waals surface area contributed by atoms with Gasteiger partial charge in [0.2, 0.25) is 22.7 Å². The Labute approximate surface area is 269 Å². The van der Waals surface area contributed by atoms with Gasteiger partial charge in [-0.25, -0.2) is 13.2 Å². The van der Waals surface area contributed by atoms with E-state index in [2.05, 4.69) is 10.6 Å². The van der Waals surface area contributed by atoms with Crippen molar-refractivity contribution < 1.29 is 46.8 Å². The van der Waals surface area contributed by atoms with Crippen molar-refractivity contribution in [3.63, 3.8) is 0 Å². The predicted octanol–water partition coefficient (Wildman–Crippen LogP) is 2.42. The van der Waals surface area contributed by atoms with Crippen molar-refractivity contribution in [3.05, 3.63) is 54.1 Å². The summed E-state index contributed by atoms with van der Waals surface area (Å²) in [7, 11) is -4.18. The molecule has 0 aliphatic carbocycles. The zero-order chi connectivity index (χ0) is 32.9. The molecule has 2 aromatic carbocycles. The Balaban J connectivity index is 1.37. The SMILES string of the molecule is CC(=O)NCCC(C)(C)CN(CC(O)[C@H](Cc1ccccc1)NC(=O)OC1COC2OCCC12)S(=O)(=O)c1ccc2c(c1)OCO2. The number of amides is 2. The number of carbonyl (C=O) groups excluding carboxylic acids is 2. The zero-order valence-electron chi connectivity index (χ0n) is 26.3. The molecule has 0 bridgehead atoms. The maximum absolute atomic E-state index is 14.2. The van der Waals surface area contributed by atoms with Crippen LogP contribution in [-0.2, 0) is 35.4 Å². The first-order chi connectivity index (χ1) is 21.9. The molecule has 5 atom stereocenters. The Hall–Kier alpha value is -3.43. The van der Waals surface area contributed by atoms with E-state index in [1.807, 2.05) is 44.2 Å².